The van der Waals surface area contributed by atoms with Crippen LogP contribution in [0.1, 0.15) is 24.2 Å². The zero-order chi connectivity index (χ0) is 22.2. The minimum atomic E-state index is -0.201. The van der Waals surface area contributed by atoms with Gasteiger partial charge in [0.2, 0.25) is 11.8 Å². The number of carbonyl (C=O) groups excluding carboxylic acids is 3. The Morgan fingerprint density at radius 2 is 1.42 bits per heavy atom. The molecule has 31 heavy (non-hydrogen) atoms. The highest BCUT2D eigenvalue weighted by atomic mass is 16.5. The second kappa shape index (κ2) is 10.6. The molecule has 0 radical (unpaired) electrons. The number of amides is 3. The van der Waals surface area contributed by atoms with E-state index in [1.54, 1.807) is 53.4 Å². The van der Waals surface area contributed by atoms with Crippen LogP contribution in [0.3, 0.4) is 0 Å². The van der Waals surface area contributed by atoms with E-state index in [4.69, 9.17) is 4.74 Å². The molecule has 2 aromatic carbocycles. The Bertz CT molecular complexity index is 904. The summed E-state index contributed by atoms with van der Waals surface area (Å²) in [6.07, 6.45) is 0. The first-order chi connectivity index (χ1) is 14.9. The average molecular weight is 425 g/mol. The van der Waals surface area contributed by atoms with Gasteiger partial charge in [0.15, 0.2) is 0 Å². The first kappa shape index (κ1) is 22.3. The van der Waals surface area contributed by atoms with E-state index >= 15 is 0 Å². The summed E-state index contributed by atoms with van der Waals surface area (Å²) in [5.41, 5.74) is 2.68. The Labute approximate surface area is 182 Å². The van der Waals surface area contributed by atoms with Gasteiger partial charge in [0.1, 0.15) is 0 Å². The summed E-state index contributed by atoms with van der Waals surface area (Å²) in [5, 5.41) is 8.65. The highest BCUT2D eigenvalue weighted by molar-refractivity contribution is 5.96. The summed E-state index contributed by atoms with van der Waals surface area (Å²) in [7, 11) is 0. The number of morpholine rings is 1. The van der Waals surface area contributed by atoms with Crippen LogP contribution >= 0.6 is 0 Å². The molecular formula is C23H28N4O4. The number of nitrogens with one attached hydrogen (secondary N) is 3. The van der Waals surface area contributed by atoms with Crippen LogP contribution in [0.2, 0.25) is 0 Å². The number of ether oxygens (including phenoxy) is 1. The first-order valence-corrected chi connectivity index (χ1v) is 10.3. The molecule has 1 fully saturated rings. The molecule has 1 aliphatic heterocycles. The van der Waals surface area contributed by atoms with Gasteiger partial charge in [-0.05, 0) is 48.5 Å². The minimum absolute atomic E-state index is 0.0133. The summed E-state index contributed by atoms with van der Waals surface area (Å²) in [4.78, 5) is 38.2. The largest absolute Gasteiger partial charge is 0.378 e. The zero-order valence-corrected chi connectivity index (χ0v) is 17.8. The molecule has 0 saturated carbocycles. The maximum absolute atomic E-state index is 12.5. The molecule has 0 atom stereocenters. The molecule has 8 heteroatoms. The van der Waals surface area contributed by atoms with Gasteiger partial charge in [0.25, 0.3) is 5.91 Å². The van der Waals surface area contributed by atoms with Crippen molar-refractivity contribution in [1.29, 1.82) is 0 Å². The standard InChI is InChI=1S/C23H28N4O4/c1-16(2)22(29)26-20-9-7-19(8-10-20)25-21(28)15-24-18-5-3-17(4-6-18)23(30)27-11-13-31-14-12-27/h3-10,16,24H,11-15H2,1-2H3,(H,25,28)(H,26,29). The van der Waals surface area contributed by atoms with Crippen molar-refractivity contribution in [1.82, 2.24) is 4.90 Å². The second-order valence-corrected chi connectivity index (χ2v) is 7.60. The summed E-state index contributed by atoms with van der Waals surface area (Å²) >= 11 is 0. The van der Waals surface area contributed by atoms with Crippen LogP contribution in [0.15, 0.2) is 48.5 Å². The highest BCUT2D eigenvalue weighted by Gasteiger charge is 2.18. The number of hydrogen-bond acceptors (Lipinski definition) is 5. The Kier molecular flexibility index (Phi) is 7.61. The third-order valence-corrected chi connectivity index (χ3v) is 4.84. The van der Waals surface area contributed by atoms with Gasteiger partial charge >= 0.3 is 0 Å². The van der Waals surface area contributed by atoms with Crippen molar-refractivity contribution in [2.75, 3.05) is 48.8 Å². The molecule has 164 valence electrons. The smallest absolute Gasteiger partial charge is 0.254 e. The lowest BCUT2D eigenvalue weighted by molar-refractivity contribution is -0.119. The van der Waals surface area contributed by atoms with E-state index in [0.29, 0.717) is 43.2 Å². The van der Waals surface area contributed by atoms with Crippen molar-refractivity contribution in [3.8, 4) is 0 Å². The van der Waals surface area contributed by atoms with Crippen LogP contribution in [0, 0.1) is 5.92 Å². The number of nitrogens with zero attached hydrogens (tertiary/aromatic N) is 1. The van der Waals surface area contributed by atoms with Crippen molar-refractivity contribution in [3.05, 3.63) is 54.1 Å². The van der Waals surface area contributed by atoms with E-state index < -0.39 is 0 Å². The van der Waals surface area contributed by atoms with Gasteiger partial charge in [-0.1, -0.05) is 13.8 Å². The van der Waals surface area contributed by atoms with E-state index in [-0.39, 0.29) is 30.2 Å². The third-order valence-electron chi connectivity index (χ3n) is 4.84. The van der Waals surface area contributed by atoms with Gasteiger partial charge in [0.05, 0.1) is 19.8 Å². The fourth-order valence-electron chi connectivity index (χ4n) is 2.99. The number of anilines is 3. The molecule has 0 aliphatic carbocycles. The molecule has 3 amide bonds. The van der Waals surface area contributed by atoms with Crippen molar-refractivity contribution < 1.29 is 19.1 Å². The maximum atomic E-state index is 12.5. The zero-order valence-electron chi connectivity index (χ0n) is 17.8. The summed E-state index contributed by atoms with van der Waals surface area (Å²) in [5.74, 6) is -0.372. The fraction of sp³-hybridized carbons (Fsp3) is 0.348. The molecule has 0 spiro atoms. The van der Waals surface area contributed by atoms with Gasteiger partial charge in [-0.3, -0.25) is 14.4 Å². The van der Waals surface area contributed by atoms with E-state index in [1.807, 2.05) is 13.8 Å². The summed E-state index contributed by atoms with van der Waals surface area (Å²) in [6.45, 7) is 6.07. The average Bonchev–Trinajstić information content (AvgIpc) is 2.79. The van der Waals surface area contributed by atoms with Crippen molar-refractivity contribution in [2.24, 2.45) is 5.92 Å². The lowest BCUT2D eigenvalue weighted by atomic mass is 10.1. The maximum Gasteiger partial charge on any atom is 0.254 e. The van der Waals surface area contributed by atoms with Crippen molar-refractivity contribution in [3.63, 3.8) is 0 Å². The molecule has 1 heterocycles. The van der Waals surface area contributed by atoms with Crippen LogP contribution in [-0.2, 0) is 14.3 Å². The van der Waals surface area contributed by atoms with E-state index in [9.17, 15) is 14.4 Å². The van der Waals surface area contributed by atoms with Crippen LogP contribution < -0.4 is 16.0 Å². The first-order valence-electron chi connectivity index (χ1n) is 10.3. The second-order valence-electron chi connectivity index (χ2n) is 7.60. The summed E-state index contributed by atoms with van der Waals surface area (Å²) < 4.78 is 5.27. The molecule has 2 aromatic rings. The van der Waals surface area contributed by atoms with E-state index in [1.165, 1.54) is 0 Å². The van der Waals surface area contributed by atoms with Gasteiger partial charge < -0.3 is 25.6 Å². The fourth-order valence-corrected chi connectivity index (χ4v) is 2.99. The normalized spacial score (nSPS) is 13.6. The molecule has 0 aromatic heterocycles. The Hall–Kier alpha value is -3.39. The monoisotopic (exact) mass is 424 g/mol. The molecule has 8 nitrogen and oxygen atoms in total. The SMILES string of the molecule is CC(C)C(=O)Nc1ccc(NC(=O)CNc2ccc(C(=O)N3CCOCC3)cc2)cc1. The third kappa shape index (κ3) is 6.55. The molecular weight excluding hydrogens is 396 g/mol. The topological polar surface area (TPSA) is 99.8 Å². The van der Waals surface area contributed by atoms with Gasteiger partial charge in [-0.25, -0.2) is 0 Å². The van der Waals surface area contributed by atoms with Gasteiger partial charge in [-0.15, -0.1) is 0 Å². The van der Waals surface area contributed by atoms with Gasteiger partial charge in [-0.2, -0.15) is 0 Å². The van der Waals surface area contributed by atoms with Crippen LogP contribution in [0.5, 0.6) is 0 Å². The van der Waals surface area contributed by atoms with Crippen molar-refractivity contribution in [2.45, 2.75) is 13.8 Å². The lowest BCUT2D eigenvalue weighted by Crippen LogP contribution is -2.40. The van der Waals surface area contributed by atoms with Crippen LogP contribution in [0.4, 0.5) is 17.1 Å². The number of carbonyl (C=O) groups is 3. The van der Waals surface area contributed by atoms with Gasteiger partial charge in [0, 0.05) is 41.6 Å². The predicted molar refractivity (Wildman–Crippen MR) is 120 cm³/mol. The number of hydrogen-bond donors (Lipinski definition) is 3. The predicted octanol–water partition coefficient (Wildman–Crippen LogP) is 2.80. The van der Waals surface area contributed by atoms with Crippen molar-refractivity contribution >= 4 is 34.8 Å². The highest BCUT2D eigenvalue weighted by Crippen LogP contribution is 2.15. The molecule has 1 aliphatic rings. The van der Waals surface area contributed by atoms with Crippen LogP contribution in [0.25, 0.3) is 0 Å². The number of benzene rings is 2. The molecule has 0 bridgehead atoms. The Morgan fingerprint density at radius 1 is 0.871 bits per heavy atom. The lowest BCUT2D eigenvalue weighted by Gasteiger charge is -2.26. The summed E-state index contributed by atoms with van der Waals surface area (Å²) in [6, 6.07) is 14.0. The molecule has 1 saturated heterocycles. The quantitative estimate of drug-likeness (QED) is 0.635. The minimum Gasteiger partial charge on any atom is -0.378 e. The van der Waals surface area contributed by atoms with E-state index in [2.05, 4.69) is 16.0 Å². The van der Waals surface area contributed by atoms with Crippen LogP contribution in [-0.4, -0.2) is 55.5 Å². The van der Waals surface area contributed by atoms with E-state index in [0.717, 1.165) is 5.69 Å². The number of rotatable bonds is 7. The molecule has 3 N–H and O–H groups in total. The Balaban J connectivity index is 1.46. The Morgan fingerprint density at radius 3 is 2.00 bits per heavy atom. The molecule has 0 unspecified atom stereocenters. The molecule has 3 rings (SSSR count).